The Balaban J connectivity index is 2.38. The molecule has 2 aromatic heterocycles. The van der Waals surface area contributed by atoms with Gasteiger partial charge in [0.1, 0.15) is 0 Å². The quantitative estimate of drug-likeness (QED) is 0.828. The predicted octanol–water partition coefficient (Wildman–Crippen LogP) is 3.27. The van der Waals surface area contributed by atoms with Crippen LogP contribution in [-0.4, -0.2) is 15.1 Å². The highest BCUT2D eigenvalue weighted by Gasteiger charge is 2.31. The van der Waals surface area contributed by atoms with E-state index in [4.69, 9.17) is 4.52 Å². The van der Waals surface area contributed by atoms with Crippen molar-refractivity contribution < 1.29 is 17.7 Å². The van der Waals surface area contributed by atoms with Gasteiger partial charge in [0.15, 0.2) is 5.82 Å². The molecule has 96 valence electrons. The first-order valence-electron chi connectivity index (χ1n) is 5.24. The molecule has 2 aromatic rings. The van der Waals surface area contributed by atoms with Crippen LogP contribution in [0.25, 0.3) is 11.5 Å². The Kier molecular flexibility index (Phi) is 3.06. The van der Waals surface area contributed by atoms with Crippen LogP contribution >= 0.6 is 0 Å². The van der Waals surface area contributed by atoms with Gasteiger partial charge in [-0.1, -0.05) is 19.0 Å². The van der Waals surface area contributed by atoms with Crippen LogP contribution in [0.15, 0.2) is 23.0 Å². The molecule has 0 aliphatic rings. The molecule has 0 amide bonds. The van der Waals surface area contributed by atoms with E-state index in [1.807, 2.05) is 13.8 Å². The Morgan fingerprint density at radius 3 is 2.50 bits per heavy atom. The van der Waals surface area contributed by atoms with Crippen molar-refractivity contribution in [3.63, 3.8) is 0 Å². The molecule has 0 spiro atoms. The van der Waals surface area contributed by atoms with Gasteiger partial charge in [0.05, 0.1) is 11.1 Å². The van der Waals surface area contributed by atoms with Crippen molar-refractivity contribution in [2.45, 2.75) is 25.9 Å². The molecule has 4 nitrogen and oxygen atoms in total. The number of pyridine rings is 1. The zero-order valence-corrected chi connectivity index (χ0v) is 9.69. The zero-order valence-electron chi connectivity index (χ0n) is 9.69. The van der Waals surface area contributed by atoms with Crippen LogP contribution in [0.2, 0.25) is 0 Å². The average Bonchev–Trinajstić information content (AvgIpc) is 2.77. The first-order chi connectivity index (χ1) is 8.38. The summed E-state index contributed by atoms with van der Waals surface area (Å²) in [5.41, 5.74) is -0.687. The van der Waals surface area contributed by atoms with Crippen molar-refractivity contribution in [3.8, 4) is 11.5 Å². The number of aromatic nitrogens is 3. The summed E-state index contributed by atoms with van der Waals surface area (Å²) in [6.45, 7) is 3.72. The fourth-order valence-electron chi connectivity index (χ4n) is 1.30. The molecule has 7 heteroatoms. The van der Waals surface area contributed by atoms with Crippen LogP contribution in [0.5, 0.6) is 0 Å². The maximum absolute atomic E-state index is 12.5. The standard InChI is InChI=1S/C11H10F3N3O/c1-6(2)9-16-10(18-17-9)7-3-8(5-15-4-7)11(12,13)14/h3-6H,1-2H3. The molecular formula is C11H10F3N3O. The van der Waals surface area contributed by atoms with E-state index in [0.717, 1.165) is 12.3 Å². The number of alkyl halides is 3. The largest absolute Gasteiger partial charge is 0.417 e. The minimum Gasteiger partial charge on any atom is -0.334 e. The highest BCUT2D eigenvalue weighted by Crippen LogP contribution is 2.31. The number of halogens is 3. The molecule has 0 N–H and O–H groups in total. The van der Waals surface area contributed by atoms with Crippen LogP contribution in [0.4, 0.5) is 13.2 Å². The van der Waals surface area contributed by atoms with Crippen LogP contribution in [0.1, 0.15) is 31.2 Å². The lowest BCUT2D eigenvalue weighted by atomic mass is 10.2. The van der Waals surface area contributed by atoms with E-state index in [2.05, 4.69) is 15.1 Å². The van der Waals surface area contributed by atoms with Gasteiger partial charge in [0.2, 0.25) is 0 Å². The van der Waals surface area contributed by atoms with E-state index >= 15 is 0 Å². The number of rotatable bonds is 2. The Morgan fingerprint density at radius 2 is 1.94 bits per heavy atom. The van der Waals surface area contributed by atoms with Gasteiger partial charge < -0.3 is 4.52 Å². The zero-order chi connectivity index (χ0) is 13.3. The molecule has 0 saturated carbocycles. The van der Waals surface area contributed by atoms with Crippen LogP contribution < -0.4 is 0 Å². The van der Waals surface area contributed by atoms with Crippen LogP contribution in [0, 0.1) is 0 Å². The highest BCUT2D eigenvalue weighted by molar-refractivity contribution is 5.52. The van der Waals surface area contributed by atoms with Gasteiger partial charge in [-0.3, -0.25) is 4.98 Å². The molecule has 18 heavy (non-hydrogen) atoms. The second kappa shape index (κ2) is 4.40. The molecule has 2 heterocycles. The summed E-state index contributed by atoms with van der Waals surface area (Å²) < 4.78 is 42.4. The number of hydrogen-bond donors (Lipinski definition) is 0. The van der Waals surface area contributed by atoms with Gasteiger partial charge in [-0.25, -0.2) is 0 Å². The summed E-state index contributed by atoms with van der Waals surface area (Å²) in [6, 6.07) is 0.935. The molecule has 0 aliphatic carbocycles. The normalized spacial score (nSPS) is 12.1. The topological polar surface area (TPSA) is 51.8 Å². The lowest BCUT2D eigenvalue weighted by molar-refractivity contribution is -0.137. The van der Waals surface area contributed by atoms with Crippen LogP contribution in [-0.2, 0) is 6.18 Å². The first kappa shape index (κ1) is 12.5. The summed E-state index contributed by atoms with van der Waals surface area (Å²) in [7, 11) is 0. The fraction of sp³-hybridized carbons (Fsp3) is 0.364. The molecule has 0 fully saturated rings. The number of nitrogens with zero attached hydrogens (tertiary/aromatic N) is 3. The second-order valence-electron chi connectivity index (χ2n) is 4.07. The molecule has 2 rings (SSSR count). The SMILES string of the molecule is CC(C)c1noc(-c2cncc(C(F)(F)F)c2)n1. The Morgan fingerprint density at radius 1 is 1.22 bits per heavy atom. The van der Waals surface area contributed by atoms with E-state index in [-0.39, 0.29) is 17.4 Å². The van der Waals surface area contributed by atoms with Crippen molar-refractivity contribution in [3.05, 3.63) is 29.8 Å². The highest BCUT2D eigenvalue weighted by atomic mass is 19.4. The molecule has 0 bridgehead atoms. The summed E-state index contributed by atoms with van der Waals surface area (Å²) in [5.74, 6) is 0.529. The maximum atomic E-state index is 12.5. The average molecular weight is 257 g/mol. The van der Waals surface area contributed by atoms with Gasteiger partial charge in [-0.05, 0) is 6.07 Å². The van der Waals surface area contributed by atoms with Crippen molar-refractivity contribution in [1.82, 2.24) is 15.1 Å². The van der Waals surface area contributed by atoms with E-state index in [9.17, 15) is 13.2 Å². The molecule has 0 aliphatic heterocycles. The summed E-state index contributed by atoms with van der Waals surface area (Å²) in [5, 5.41) is 3.69. The van der Waals surface area contributed by atoms with E-state index in [0.29, 0.717) is 5.82 Å². The molecular weight excluding hydrogens is 247 g/mol. The molecule has 0 radical (unpaired) electrons. The summed E-state index contributed by atoms with van der Waals surface area (Å²) in [6.07, 6.45) is -2.43. The van der Waals surface area contributed by atoms with Crippen molar-refractivity contribution in [2.24, 2.45) is 0 Å². The monoisotopic (exact) mass is 257 g/mol. The van der Waals surface area contributed by atoms with Crippen molar-refractivity contribution in [1.29, 1.82) is 0 Å². The molecule has 0 aromatic carbocycles. The van der Waals surface area contributed by atoms with E-state index < -0.39 is 11.7 Å². The second-order valence-corrected chi connectivity index (χ2v) is 4.07. The van der Waals surface area contributed by atoms with Gasteiger partial charge >= 0.3 is 6.18 Å². The van der Waals surface area contributed by atoms with E-state index in [1.54, 1.807) is 0 Å². The Labute approximate surface area is 101 Å². The van der Waals surface area contributed by atoms with Gasteiger partial charge in [-0.2, -0.15) is 18.2 Å². The molecule has 0 atom stereocenters. The summed E-state index contributed by atoms with van der Waals surface area (Å²) >= 11 is 0. The lowest BCUT2D eigenvalue weighted by Gasteiger charge is -2.05. The fourth-order valence-corrected chi connectivity index (χ4v) is 1.30. The molecule has 0 unspecified atom stereocenters. The maximum Gasteiger partial charge on any atom is 0.417 e. The third-order valence-electron chi connectivity index (χ3n) is 2.27. The third kappa shape index (κ3) is 2.49. The van der Waals surface area contributed by atoms with Crippen molar-refractivity contribution in [2.75, 3.05) is 0 Å². The minimum absolute atomic E-state index is 0.0392. The van der Waals surface area contributed by atoms with Crippen LogP contribution in [0.3, 0.4) is 0 Å². The first-order valence-corrected chi connectivity index (χ1v) is 5.24. The van der Waals surface area contributed by atoms with Gasteiger partial charge in [0, 0.05) is 18.3 Å². The molecule has 0 saturated heterocycles. The third-order valence-corrected chi connectivity index (χ3v) is 2.27. The Bertz CT molecular complexity index is 548. The van der Waals surface area contributed by atoms with E-state index in [1.165, 1.54) is 6.20 Å². The Hall–Kier alpha value is -1.92. The van der Waals surface area contributed by atoms with Crippen molar-refractivity contribution >= 4 is 0 Å². The van der Waals surface area contributed by atoms with Gasteiger partial charge in [0.25, 0.3) is 5.89 Å². The lowest BCUT2D eigenvalue weighted by Crippen LogP contribution is -2.05. The smallest absolute Gasteiger partial charge is 0.334 e. The number of hydrogen-bond acceptors (Lipinski definition) is 4. The summed E-state index contributed by atoms with van der Waals surface area (Å²) in [4.78, 5) is 7.55. The predicted molar refractivity (Wildman–Crippen MR) is 56.6 cm³/mol. The minimum atomic E-state index is -4.44. The van der Waals surface area contributed by atoms with Gasteiger partial charge in [-0.15, -0.1) is 0 Å².